The molecule has 0 spiro atoms. The van der Waals surface area contributed by atoms with E-state index in [2.05, 4.69) is 23.4 Å². The Kier molecular flexibility index (Phi) is 4.52. The summed E-state index contributed by atoms with van der Waals surface area (Å²) in [6, 6.07) is 19.6. The van der Waals surface area contributed by atoms with E-state index in [0.29, 0.717) is 12.1 Å². The van der Waals surface area contributed by atoms with Crippen molar-refractivity contribution in [3.63, 3.8) is 0 Å². The van der Waals surface area contributed by atoms with Crippen LogP contribution in [0.1, 0.15) is 29.3 Å². The summed E-state index contributed by atoms with van der Waals surface area (Å²) in [5.74, 6) is 6.22. The number of nitrogens with zero attached hydrogens (tertiary/aromatic N) is 1. The summed E-state index contributed by atoms with van der Waals surface area (Å²) in [6.07, 6.45) is 1.53. The van der Waals surface area contributed by atoms with Gasteiger partial charge in [0.2, 0.25) is 0 Å². The molecule has 3 aromatic rings. The SMILES string of the molecule is C=CCC(O)c1cc2ccccc2nc1C#Cc1ccccc1. The van der Waals surface area contributed by atoms with Gasteiger partial charge in [0, 0.05) is 16.5 Å². The molecule has 1 unspecified atom stereocenters. The normalized spacial score (nSPS) is 11.5. The molecule has 2 heteroatoms. The number of hydrogen-bond donors (Lipinski definition) is 1. The number of rotatable bonds is 3. The fourth-order valence-corrected chi connectivity index (χ4v) is 2.42. The van der Waals surface area contributed by atoms with Crippen LogP contribution in [0.25, 0.3) is 10.9 Å². The lowest BCUT2D eigenvalue weighted by molar-refractivity contribution is 0.181. The molecular formula is C21H17NO. The monoisotopic (exact) mass is 299 g/mol. The molecular weight excluding hydrogens is 282 g/mol. The number of aliphatic hydroxyl groups excluding tert-OH is 1. The van der Waals surface area contributed by atoms with Crippen LogP contribution in [-0.2, 0) is 0 Å². The van der Waals surface area contributed by atoms with Crippen LogP contribution in [-0.4, -0.2) is 10.1 Å². The number of pyridine rings is 1. The minimum atomic E-state index is -0.648. The van der Waals surface area contributed by atoms with Crippen molar-refractivity contribution < 1.29 is 5.11 Å². The lowest BCUT2D eigenvalue weighted by Gasteiger charge is -2.11. The van der Waals surface area contributed by atoms with Gasteiger partial charge in [0.15, 0.2) is 0 Å². The Morgan fingerprint density at radius 1 is 1.04 bits per heavy atom. The Balaban J connectivity index is 2.11. The molecule has 2 nitrogen and oxygen atoms in total. The molecule has 1 aromatic heterocycles. The van der Waals surface area contributed by atoms with Crippen LogP contribution in [0.5, 0.6) is 0 Å². The van der Waals surface area contributed by atoms with Gasteiger partial charge >= 0.3 is 0 Å². The van der Waals surface area contributed by atoms with E-state index in [1.807, 2.05) is 60.7 Å². The molecule has 3 rings (SSSR count). The predicted molar refractivity (Wildman–Crippen MR) is 93.9 cm³/mol. The Morgan fingerprint density at radius 3 is 2.57 bits per heavy atom. The average Bonchev–Trinajstić information content (AvgIpc) is 2.60. The predicted octanol–water partition coefficient (Wildman–Crippen LogP) is 4.24. The summed E-state index contributed by atoms with van der Waals surface area (Å²) < 4.78 is 0. The Morgan fingerprint density at radius 2 is 1.78 bits per heavy atom. The van der Waals surface area contributed by atoms with Crippen LogP contribution in [0.15, 0.2) is 73.3 Å². The Bertz CT molecular complexity index is 888. The second kappa shape index (κ2) is 6.91. The molecule has 23 heavy (non-hydrogen) atoms. The summed E-state index contributed by atoms with van der Waals surface area (Å²) in [7, 11) is 0. The third-order valence-electron chi connectivity index (χ3n) is 3.60. The maximum atomic E-state index is 10.4. The van der Waals surface area contributed by atoms with E-state index < -0.39 is 6.10 Å². The number of aliphatic hydroxyl groups is 1. The minimum Gasteiger partial charge on any atom is -0.388 e. The van der Waals surface area contributed by atoms with E-state index in [0.717, 1.165) is 22.0 Å². The summed E-state index contributed by atoms with van der Waals surface area (Å²) in [4.78, 5) is 4.63. The van der Waals surface area contributed by atoms with Crippen molar-refractivity contribution in [2.75, 3.05) is 0 Å². The van der Waals surface area contributed by atoms with Gasteiger partial charge in [0.05, 0.1) is 11.6 Å². The molecule has 0 aliphatic carbocycles. The zero-order chi connectivity index (χ0) is 16.1. The van der Waals surface area contributed by atoms with E-state index >= 15 is 0 Å². The average molecular weight is 299 g/mol. The van der Waals surface area contributed by atoms with Crippen LogP contribution >= 0.6 is 0 Å². The highest BCUT2D eigenvalue weighted by Crippen LogP contribution is 2.24. The van der Waals surface area contributed by atoms with Crippen molar-refractivity contribution in [3.05, 3.63) is 90.1 Å². The third kappa shape index (κ3) is 3.48. The summed E-state index contributed by atoms with van der Waals surface area (Å²) in [6.45, 7) is 3.70. The number of aromatic nitrogens is 1. The van der Waals surface area contributed by atoms with Gasteiger partial charge in [0.25, 0.3) is 0 Å². The molecule has 0 aliphatic rings. The lowest BCUT2D eigenvalue weighted by atomic mass is 10.0. The number of fused-ring (bicyclic) bond motifs is 1. The van der Waals surface area contributed by atoms with Crippen molar-refractivity contribution in [1.29, 1.82) is 0 Å². The zero-order valence-corrected chi connectivity index (χ0v) is 12.7. The second-order valence-corrected chi connectivity index (χ2v) is 5.28. The van der Waals surface area contributed by atoms with Gasteiger partial charge in [-0.3, -0.25) is 0 Å². The van der Waals surface area contributed by atoms with Crippen LogP contribution in [0.3, 0.4) is 0 Å². The molecule has 0 radical (unpaired) electrons. The Hall–Kier alpha value is -2.89. The number of para-hydroxylation sites is 1. The molecule has 0 saturated carbocycles. The van der Waals surface area contributed by atoms with Crippen molar-refractivity contribution in [2.45, 2.75) is 12.5 Å². The van der Waals surface area contributed by atoms with Crippen LogP contribution < -0.4 is 0 Å². The molecule has 0 fully saturated rings. The standard InChI is InChI=1S/C21H17NO/c1-2-8-21(23)18-15-17-11-6-7-12-19(17)22-20(18)14-13-16-9-4-3-5-10-16/h2-7,9-12,15,21,23H,1,8H2. The quantitative estimate of drug-likeness (QED) is 0.579. The first kappa shape index (κ1) is 15.0. The maximum absolute atomic E-state index is 10.4. The van der Waals surface area contributed by atoms with Crippen LogP contribution in [0, 0.1) is 11.8 Å². The fraction of sp³-hybridized carbons (Fsp3) is 0.0952. The lowest BCUT2D eigenvalue weighted by Crippen LogP contribution is -2.02. The second-order valence-electron chi connectivity index (χ2n) is 5.28. The first-order chi connectivity index (χ1) is 11.3. The van der Waals surface area contributed by atoms with Crippen molar-refractivity contribution >= 4 is 10.9 Å². The minimum absolute atomic E-state index is 0.472. The van der Waals surface area contributed by atoms with Gasteiger partial charge in [-0.05, 0) is 36.6 Å². The van der Waals surface area contributed by atoms with Gasteiger partial charge in [-0.1, -0.05) is 48.4 Å². The number of hydrogen-bond acceptors (Lipinski definition) is 2. The van der Waals surface area contributed by atoms with E-state index in [1.165, 1.54) is 0 Å². The molecule has 1 atom stereocenters. The highest BCUT2D eigenvalue weighted by Gasteiger charge is 2.12. The van der Waals surface area contributed by atoms with Gasteiger partial charge in [-0.25, -0.2) is 4.98 Å². The number of benzene rings is 2. The summed E-state index contributed by atoms with van der Waals surface area (Å²) in [5.41, 5.74) is 3.15. The van der Waals surface area contributed by atoms with Crippen LogP contribution in [0.4, 0.5) is 0 Å². The Labute approximate surface area is 136 Å². The van der Waals surface area contributed by atoms with Gasteiger partial charge in [0.1, 0.15) is 5.69 Å². The third-order valence-corrected chi connectivity index (χ3v) is 3.60. The van der Waals surface area contributed by atoms with Gasteiger partial charge in [-0.15, -0.1) is 6.58 Å². The van der Waals surface area contributed by atoms with Crippen LogP contribution in [0.2, 0.25) is 0 Å². The van der Waals surface area contributed by atoms with Crippen molar-refractivity contribution in [3.8, 4) is 11.8 Å². The largest absolute Gasteiger partial charge is 0.388 e. The van der Waals surface area contributed by atoms with E-state index in [-0.39, 0.29) is 0 Å². The van der Waals surface area contributed by atoms with E-state index in [1.54, 1.807) is 6.08 Å². The van der Waals surface area contributed by atoms with Crippen molar-refractivity contribution in [2.24, 2.45) is 0 Å². The first-order valence-electron chi connectivity index (χ1n) is 7.53. The first-order valence-corrected chi connectivity index (χ1v) is 7.53. The highest BCUT2D eigenvalue weighted by molar-refractivity contribution is 5.80. The molecule has 1 N–H and O–H groups in total. The summed E-state index contributed by atoms with van der Waals surface area (Å²) in [5, 5.41) is 11.4. The smallest absolute Gasteiger partial charge is 0.120 e. The van der Waals surface area contributed by atoms with E-state index in [4.69, 9.17) is 0 Å². The molecule has 2 aromatic carbocycles. The summed E-state index contributed by atoms with van der Waals surface area (Å²) >= 11 is 0. The molecule has 0 amide bonds. The van der Waals surface area contributed by atoms with Gasteiger partial charge in [-0.2, -0.15) is 0 Å². The zero-order valence-electron chi connectivity index (χ0n) is 12.7. The molecule has 1 heterocycles. The topological polar surface area (TPSA) is 33.1 Å². The molecule has 0 aliphatic heterocycles. The van der Waals surface area contributed by atoms with Crippen molar-refractivity contribution in [1.82, 2.24) is 4.98 Å². The highest BCUT2D eigenvalue weighted by atomic mass is 16.3. The molecule has 112 valence electrons. The fourth-order valence-electron chi connectivity index (χ4n) is 2.42. The van der Waals surface area contributed by atoms with E-state index in [9.17, 15) is 5.11 Å². The molecule has 0 saturated heterocycles. The molecule has 0 bridgehead atoms. The maximum Gasteiger partial charge on any atom is 0.120 e. The van der Waals surface area contributed by atoms with Gasteiger partial charge < -0.3 is 5.11 Å².